The Hall–Kier alpha value is 0.100. The van der Waals surface area contributed by atoms with E-state index in [0.29, 0.717) is 18.1 Å². The number of hydrogen-bond donors (Lipinski definition) is 1. The lowest BCUT2D eigenvalue weighted by molar-refractivity contribution is -0.183. The summed E-state index contributed by atoms with van der Waals surface area (Å²) in [7, 11) is 0. The van der Waals surface area contributed by atoms with E-state index in [9.17, 15) is 13.2 Å². The highest BCUT2D eigenvalue weighted by molar-refractivity contribution is 7.99. The molecule has 0 heterocycles. The van der Waals surface area contributed by atoms with Crippen LogP contribution in [0.4, 0.5) is 13.2 Å². The van der Waals surface area contributed by atoms with Crippen molar-refractivity contribution in [3.8, 4) is 0 Å². The number of hydrogen-bond acceptors (Lipinski definition) is 2. The standard InChI is InChI=1S/C12H22F3NS/c1-9(17-2)6-7-16-11-5-3-4-10(8-11)12(13,14)15/h9-11,16H,3-8H2,1-2H3. The van der Waals surface area contributed by atoms with Crippen LogP contribution in [0, 0.1) is 5.92 Å². The summed E-state index contributed by atoms with van der Waals surface area (Å²) in [6, 6.07) is 0.0597. The minimum absolute atomic E-state index is 0.0597. The van der Waals surface area contributed by atoms with Gasteiger partial charge in [0.15, 0.2) is 0 Å². The molecule has 1 aliphatic carbocycles. The van der Waals surface area contributed by atoms with Crippen molar-refractivity contribution in [3.63, 3.8) is 0 Å². The Kier molecular flexibility index (Phi) is 6.13. The van der Waals surface area contributed by atoms with Gasteiger partial charge in [0.1, 0.15) is 0 Å². The van der Waals surface area contributed by atoms with Gasteiger partial charge in [0.25, 0.3) is 0 Å². The zero-order valence-corrected chi connectivity index (χ0v) is 11.3. The van der Waals surface area contributed by atoms with Gasteiger partial charge >= 0.3 is 6.18 Å². The maximum atomic E-state index is 12.6. The summed E-state index contributed by atoms with van der Waals surface area (Å²) in [6.45, 7) is 2.98. The second-order valence-corrected chi connectivity index (χ2v) is 6.17. The molecule has 17 heavy (non-hydrogen) atoms. The van der Waals surface area contributed by atoms with E-state index in [4.69, 9.17) is 0 Å². The van der Waals surface area contributed by atoms with Crippen molar-refractivity contribution in [1.82, 2.24) is 5.32 Å². The van der Waals surface area contributed by atoms with E-state index < -0.39 is 12.1 Å². The Morgan fingerprint density at radius 2 is 2.06 bits per heavy atom. The Morgan fingerprint density at radius 1 is 1.35 bits per heavy atom. The zero-order chi connectivity index (χ0) is 12.9. The van der Waals surface area contributed by atoms with Crippen molar-refractivity contribution in [3.05, 3.63) is 0 Å². The molecule has 5 heteroatoms. The quantitative estimate of drug-likeness (QED) is 0.814. The van der Waals surface area contributed by atoms with Gasteiger partial charge in [-0.1, -0.05) is 13.3 Å². The Morgan fingerprint density at radius 3 is 2.65 bits per heavy atom. The van der Waals surface area contributed by atoms with Gasteiger partial charge in [0, 0.05) is 11.3 Å². The molecule has 1 saturated carbocycles. The first-order valence-electron chi connectivity index (χ1n) is 6.26. The maximum Gasteiger partial charge on any atom is 0.391 e. The molecule has 1 aliphatic rings. The normalized spacial score (nSPS) is 28.1. The summed E-state index contributed by atoms with van der Waals surface area (Å²) in [4.78, 5) is 0. The molecule has 102 valence electrons. The molecule has 1 nitrogen and oxygen atoms in total. The first-order chi connectivity index (χ1) is 7.93. The topological polar surface area (TPSA) is 12.0 Å². The van der Waals surface area contributed by atoms with Gasteiger partial charge in [0.05, 0.1) is 5.92 Å². The third-order valence-corrected chi connectivity index (χ3v) is 4.56. The van der Waals surface area contributed by atoms with Gasteiger partial charge in [-0.15, -0.1) is 0 Å². The fraction of sp³-hybridized carbons (Fsp3) is 1.00. The van der Waals surface area contributed by atoms with Crippen LogP contribution in [0.1, 0.15) is 39.0 Å². The molecular weight excluding hydrogens is 247 g/mol. The SMILES string of the molecule is CSC(C)CCNC1CCCC(C(F)(F)F)C1. The lowest BCUT2D eigenvalue weighted by Crippen LogP contribution is -2.39. The van der Waals surface area contributed by atoms with E-state index in [1.165, 1.54) is 0 Å². The molecule has 0 aromatic heterocycles. The minimum Gasteiger partial charge on any atom is -0.314 e. The molecule has 0 aromatic carbocycles. The molecule has 0 aliphatic heterocycles. The van der Waals surface area contributed by atoms with E-state index in [0.717, 1.165) is 19.4 Å². The van der Waals surface area contributed by atoms with Crippen LogP contribution in [0.25, 0.3) is 0 Å². The van der Waals surface area contributed by atoms with E-state index in [-0.39, 0.29) is 12.5 Å². The first-order valence-corrected chi connectivity index (χ1v) is 7.55. The largest absolute Gasteiger partial charge is 0.391 e. The highest BCUT2D eigenvalue weighted by Gasteiger charge is 2.41. The van der Waals surface area contributed by atoms with Crippen LogP contribution in [-0.2, 0) is 0 Å². The summed E-state index contributed by atoms with van der Waals surface area (Å²) in [6.07, 6.45) is 1.23. The number of halogens is 3. The molecule has 1 fully saturated rings. The van der Waals surface area contributed by atoms with Crippen molar-refractivity contribution in [2.45, 2.75) is 56.5 Å². The van der Waals surface area contributed by atoms with E-state index in [2.05, 4.69) is 18.5 Å². The molecule has 0 spiro atoms. The van der Waals surface area contributed by atoms with Crippen LogP contribution < -0.4 is 5.32 Å². The molecule has 1 rings (SSSR count). The van der Waals surface area contributed by atoms with Crippen LogP contribution >= 0.6 is 11.8 Å². The summed E-state index contributed by atoms with van der Waals surface area (Å²) < 4.78 is 37.8. The van der Waals surface area contributed by atoms with Crippen molar-refractivity contribution in [2.24, 2.45) is 5.92 Å². The zero-order valence-electron chi connectivity index (χ0n) is 10.5. The van der Waals surface area contributed by atoms with Gasteiger partial charge in [-0.2, -0.15) is 24.9 Å². The van der Waals surface area contributed by atoms with Gasteiger partial charge in [-0.05, 0) is 38.5 Å². The summed E-state index contributed by atoms with van der Waals surface area (Å²) >= 11 is 1.80. The van der Waals surface area contributed by atoms with Crippen LogP contribution in [0.2, 0.25) is 0 Å². The molecule has 1 N–H and O–H groups in total. The lowest BCUT2D eigenvalue weighted by Gasteiger charge is -2.31. The molecule has 3 atom stereocenters. The monoisotopic (exact) mass is 269 g/mol. The average Bonchev–Trinajstić information content (AvgIpc) is 2.28. The number of thioether (sulfide) groups is 1. The molecule has 0 amide bonds. The Labute approximate surface area is 106 Å². The number of alkyl halides is 3. The molecule has 0 bridgehead atoms. The van der Waals surface area contributed by atoms with Gasteiger partial charge in [-0.25, -0.2) is 0 Å². The van der Waals surface area contributed by atoms with E-state index in [1.807, 2.05) is 0 Å². The summed E-state index contributed by atoms with van der Waals surface area (Å²) in [5.41, 5.74) is 0. The second-order valence-electron chi connectivity index (χ2n) is 4.89. The second kappa shape index (κ2) is 6.88. The highest BCUT2D eigenvalue weighted by Crippen LogP contribution is 2.37. The van der Waals surface area contributed by atoms with Crippen molar-refractivity contribution in [1.29, 1.82) is 0 Å². The predicted octanol–water partition coefficient (Wildman–Crippen LogP) is 3.84. The third kappa shape index (κ3) is 5.51. The highest BCUT2D eigenvalue weighted by atomic mass is 32.2. The average molecular weight is 269 g/mol. The van der Waals surface area contributed by atoms with E-state index in [1.54, 1.807) is 11.8 Å². The Balaban J connectivity index is 2.25. The smallest absolute Gasteiger partial charge is 0.314 e. The van der Waals surface area contributed by atoms with Crippen LogP contribution in [0.3, 0.4) is 0 Å². The van der Waals surface area contributed by atoms with E-state index >= 15 is 0 Å². The van der Waals surface area contributed by atoms with Crippen LogP contribution in [0.5, 0.6) is 0 Å². The van der Waals surface area contributed by atoms with Crippen molar-refractivity contribution >= 4 is 11.8 Å². The fourth-order valence-corrected chi connectivity index (χ4v) is 2.63. The number of rotatable bonds is 5. The number of nitrogens with one attached hydrogen (secondary N) is 1. The molecule has 3 unspecified atom stereocenters. The minimum atomic E-state index is -4.01. The van der Waals surface area contributed by atoms with Gasteiger partial charge in [0.2, 0.25) is 0 Å². The fourth-order valence-electron chi connectivity index (χ4n) is 2.28. The lowest BCUT2D eigenvalue weighted by atomic mass is 9.85. The molecule has 0 saturated heterocycles. The van der Waals surface area contributed by atoms with Crippen molar-refractivity contribution in [2.75, 3.05) is 12.8 Å². The maximum absolute atomic E-state index is 12.6. The molecule has 0 aromatic rings. The van der Waals surface area contributed by atoms with Crippen LogP contribution in [-0.4, -0.2) is 30.3 Å². The van der Waals surface area contributed by atoms with Crippen molar-refractivity contribution < 1.29 is 13.2 Å². The Bertz CT molecular complexity index is 220. The van der Waals surface area contributed by atoms with Gasteiger partial charge < -0.3 is 5.32 Å². The van der Waals surface area contributed by atoms with Crippen LogP contribution in [0.15, 0.2) is 0 Å². The predicted molar refractivity (Wildman–Crippen MR) is 67.4 cm³/mol. The third-order valence-electron chi connectivity index (χ3n) is 3.52. The summed E-state index contributed by atoms with van der Waals surface area (Å²) in [5, 5.41) is 3.85. The summed E-state index contributed by atoms with van der Waals surface area (Å²) in [5.74, 6) is -1.09. The molecule has 0 radical (unpaired) electrons. The first kappa shape index (κ1) is 15.2. The van der Waals surface area contributed by atoms with Gasteiger partial charge in [-0.3, -0.25) is 0 Å². The molecular formula is C12H22F3NS.